The highest BCUT2D eigenvalue weighted by atomic mass is 35.5. The van der Waals surface area contributed by atoms with Crippen molar-refractivity contribution in [3.8, 4) is 0 Å². The molecule has 0 heterocycles. The molecule has 0 N–H and O–H groups in total. The molecule has 1 atom stereocenters. The van der Waals surface area contributed by atoms with Crippen LogP contribution in [0.15, 0.2) is 60.7 Å². The topological polar surface area (TPSA) is 9.23 Å². The van der Waals surface area contributed by atoms with E-state index in [4.69, 9.17) is 28.6 Å². The summed E-state index contributed by atoms with van der Waals surface area (Å²) < 4.78 is 5.47. The first-order valence-electron chi connectivity index (χ1n) is 7.57. The molecule has 0 saturated heterocycles. The minimum atomic E-state index is 0.213. The molecular formula is C19H21ClOS. The Hall–Kier alpha value is -1.38. The summed E-state index contributed by atoms with van der Waals surface area (Å²) in [6.07, 6.45) is 0.696. The van der Waals surface area contributed by atoms with Crippen LogP contribution in [0, 0.1) is 5.92 Å². The number of halogens is 1. The molecule has 1 nitrogen and oxygen atoms in total. The lowest BCUT2D eigenvalue weighted by Crippen LogP contribution is -2.20. The van der Waals surface area contributed by atoms with Crippen molar-refractivity contribution in [3.05, 3.63) is 71.8 Å². The largest absolute Gasteiger partial charge is 0.487 e. The highest BCUT2D eigenvalue weighted by Crippen LogP contribution is 2.35. The van der Waals surface area contributed by atoms with Crippen molar-refractivity contribution in [2.75, 3.05) is 12.5 Å². The van der Waals surface area contributed by atoms with Crippen molar-refractivity contribution in [1.29, 1.82) is 0 Å². The van der Waals surface area contributed by atoms with E-state index in [0.717, 1.165) is 0 Å². The Labute approximate surface area is 143 Å². The van der Waals surface area contributed by atoms with Gasteiger partial charge in [-0.3, -0.25) is 0 Å². The van der Waals surface area contributed by atoms with Gasteiger partial charge in [0.05, 0.1) is 6.61 Å². The van der Waals surface area contributed by atoms with Gasteiger partial charge in [0, 0.05) is 18.2 Å². The van der Waals surface area contributed by atoms with Crippen molar-refractivity contribution in [3.63, 3.8) is 0 Å². The van der Waals surface area contributed by atoms with Crippen LogP contribution in [0.1, 0.15) is 30.4 Å². The van der Waals surface area contributed by atoms with Gasteiger partial charge < -0.3 is 4.74 Å². The van der Waals surface area contributed by atoms with Gasteiger partial charge in [-0.25, -0.2) is 0 Å². The van der Waals surface area contributed by atoms with Gasteiger partial charge in [0.2, 0.25) is 0 Å². The predicted octanol–water partition coefficient (Wildman–Crippen LogP) is 5.43. The second kappa shape index (κ2) is 8.92. The van der Waals surface area contributed by atoms with Crippen molar-refractivity contribution >= 4 is 28.9 Å². The lowest BCUT2D eigenvalue weighted by atomic mass is 9.80. The molecule has 0 fully saturated rings. The van der Waals surface area contributed by atoms with E-state index >= 15 is 0 Å². The summed E-state index contributed by atoms with van der Waals surface area (Å²) in [4.78, 5) is 0. The highest BCUT2D eigenvalue weighted by molar-refractivity contribution is 7.80. The zero-order valence-corrected chi connectivity index (χ0v) is 14.3. The standard InChI is InChI=1S/C19H21ClOS/c1-2-21-18(22)13-17(14-20)19(15-9-5-3-6-10-15)16-11-7-4-8-12-16/h3-12,17,19H,2,13-14H2,1H3. The Kier molecular flexibility index (Phi) is 6.88. The summed E-state index contributed by atoms with van der Waals surface area (Å²) in [5.41, 5.74) is 2.53. The maximum absolute atomic E-state index is 6.29. The number of ether oxygens (including phenoxy) is 1. The van der Waals surface area contributed by atoms with Crippen LogP contribution < -0.4 is 0 Å². The van der Waals surface area contributed by atoms with Gasteiger partial charge in [-0.05, 0) is 36.2 Å². The second-order valence-electron chi connectivity index (χ2n) is 5.22. The molecule has 0 bridgehead atoms. The fraction of sp³-hybridized carbons (Fsp3) is 0.316. The molecule has 0 spiro atoms. The first kappa shape index (κ1) is 17.0. The van der Waals surface area contributed by atoms with Gasteiger partial charge in [-0.2, -0.15) is 0 Å². The fourth-order valence-corrected chi connectivity index (χ4v) is 3.37. The number of rotatable bonds is 7. The molecule has 0 amide bonds. The van der Waals surface area contributed by atoms with Crippen molar-refractivity contribution in [2.24, 2.45) is 5.92 Å². The van der Waals surface area contributed by atoms with Crippen LogP contribution in [-0.4, -0.2) is 17.5 Å². The van der Waals surface area contributed by atoms with E-state index in [1.54, 1.807) is 0 Å². The lowest BCUT2D eigenvalue weighted by Gasteiger charge is -2.27. The minimum absolute atomic E-state index is 0.213. The van der Waals surface area contributed by atoms with Gasteiger partial charge in [-0.1, -0.05) is 60.7 Å². The van der Waals surface area contributed by atoms with E-state index < -0.39 is 0 Å². The van der Waals surface area contributed by atoms with Crippen molar-refractivity contribution < 1.29 is 4.74 Å². The molecule has 0 saturated carbocycles. The smallest absolute Gasteiger partial charge is 0.160 e. The van der Waals surface area contributed by atoms with Crippen molar-refractivity contribution in [1.82, 2.24) is 0 Å². The van der Waals surface area contributed by atoms with Crippen LogP contribution in [0.4, 0.5) is 0 Å². The molecule has 2 rings (SSSR count). The van der Waals surface area contributed by atoms with Gasteiger partial charge in [0.15, 0.2) is 5.05 Å². The maximum atomic E-state index is 6.29. The lowest BCUT2D eigenvalue weighted by molar-refractivity contribution is 0.317. The number of thiocarbonyl (C=S) groups is 1. The molecule has 0 aromatic heterocycles. The predicted molar refractivity (Wildman–Crippen MR) is 97.8 cm³/mol. The number of benzene rings is 2. The zero-order valence-electron chi connectivity index (χ0n) is 12.7. The monoisotopic (exact) mass is 332 g/mol. The molecule has 2 aromatic carbocycles. The van der Waals surface area contributed by atoms with Gasteiger partial charge in [0.1, 0.15) is 0 Å². The highest BCUT2D eigenvalue weighted by Gasteiger charge is 2.25. The number of hydrogen-bond donors (Lipinski definition) is 0. The summed E-state index contributed by atoms with van der Waals surface area (Å²) in [5.74, 6) is 0.977. The Morgan fingerprint density at radius 2 is 1.50 bits per heavy atom. The Morgan fingerprint density at radius 1 is 1.00 bits per heavy atom. The van der Waals surface area contributed by atoms with E-state index in [2.05, 4.69) is 48.5 Å². The molecule has 116 valence electrons. The van der Waals surface area contributed by atoms with Crippen molar-refractivity contribution in [2.45, 2.75) is 19.3 Å². The van der Waals surface area contributed by atoms with E-state index in [9.17, 15) is 0 Å². The Balaban J connectivity index is 2.32. The van der Waals surface area contributed by atoms with E-state index in [-0.39, 0.29) is 11.8 Å². The fourth-order valence-electron chi connectivity index (χ4n) is 2.75. The van der Waals surface area contributed by atoms with Crippen LogP contribution >= 0.6 is 23.8 Å². The van der Waals surface area contributed by atoms with Crippen LogP contribution in [0.25, 0.3) is 0 Å². The zero-order chi connectivity index (χ0) is 15.8. The SMILES string of the molecule is CCOC(=S)CC(CCl)C(c1ccccc1)c1ccccc1. The summed E-state index contributed by atoms with van der Waals surface area (Å²) in [7, 11) is 0. The quantitative estimate of drug-likeness (QED) is 0.494. The average Bonchev–Trinajstić information content (AvgIpc) is 2.56. The Bertz CT molecular complexity index is 531. The molecule has 0 aliphatic rings. The molecule has 1 unspecified atom stereocenters. The third kappa shape index (κ3) is 4.56. The van der Waals surface area contributed by atoms with Gasteiger partial charge in [0.25, 0.3) is 0 Å². The van der Waals surface area contributed by atoms with Gasteiger partial charge >= 0.3 is 0 Å². The van der Waals surface area contributed by atoms with E-state index in [0.29, 0.717) is 24.0 Å². The third-order valence-electron chi connectivity index (χ3n) is 3.72. The van der Waals surface area contributed by atoms with Crippen LogP contribution in [0.2, 0.25) is 0 Å². The minimum Gasteiger partial charge on any atom is -0.487 e. The van der Waals surface area contributed by atoms with E-state index in [1.165, 1.54) is 11.1 Å². The Morgan fingerprint density at radius 3 is 1.91 bits per heavy atom. The summed E-state index contributed by atoms with van der Waals surface area (Å²) >= 11 is 11.6. The molecule has 2 aromatic rings. The summed E-state index contributed by atoms with van der Waals surface area (Å²) in [6, 6.07) is 21.0. The van der Waals surface area contributed by atoms with Crippen LogP contribution in [-0.2, 0) is 4.74 Å². The molecule has 3 heteroatoms. The normalized spacial score (nSPS) is 12.1. The molecule has 0 aliphatic carbocycles. The first-order chi connectivity index (χ1) is 10.8. The summed E-state index contributed by atoms with van der Waals surface area (Å²) in [5, 5.41) is 0.644. The number of hydrogen-bond acceptors (Lipinski definition) is 2. The van der Waals surface area contributed by atoms with Gasteiger partial charge in [-0.15, -0.1) is 11.6 Å². The average molecular weight is 333 g/mol. The maximum Gasteiger partial charge on any atom is 0.160 e. The second-order valence-corrected chi connectivity index (χ2v) is 5.99. The molecule has 0 aliphatic heterocycles. The van der Waals surface area contributed by atoms with E-state index in [1.807, 2.05) is 19.1 Å². The molecule has 22 heavy (non-hydrogen) atoms. The first-order valence-corrected chi connectivity index (χ1v) is 8.52. The third-order valence-corrected chi connectivity index (χ3v) is 4.40. The summed E-state index contributed by atoms with van der Waals surface area (Å²) in [6.45, 7) is 2.56. The molecule has 0 radical (unpaired) electrons. The van der Waals surface area contributed by atoms with Crippen LogP contribution in [0.3, 0.4) is 0 Å². The molecular weight excluding hydrogens is 312 g/mol. The van der Waals surface area contributed by atoms with Crippen LogP contribution in [0.5, 0.6) is 0 Å². The number of alkyl halides is 1.